The summed E-state index contributed by atoms with van der Waals surface area (Å²) in [6.45, 7) is 5.15. The fourth-order valence-electron chi connectivity index (χ4n) is 4.11. The van der Waals surface area contributed by atoms with E-state index in [0.29, 0.717) is 48.2 Å². The number of anilines is 1. The molecule has 2 N–H and O–H groups in total. The minimum atomic E-state index is -0.751. The third-order valence-corrected chi connectivity index (χ3v) is 6.05. The van der Waals surface area contributed by atoms with Crippen molar-refractivity contribution in [2.24, 2.45) is 13.0 Å². The molecule has 1 saturated carbocycles. The van der Waals surface area contributed by atoms with Crippen molar-refractivity contribution in [3.8, 4) is 17.1 Å². The molecular weight excluding hydrogens is 438 g/mol. The number of rotatable bonds is 10. The number of tetrazole rings is 1. The summed E-state index contributed by atoms with van der Waals surface area (Å²) < 4.78 is 7.80. The van der Waals surface area contributed by atoms with Crippen molar-refractivity contribution in [1.29, 1.82) is 0 Å². The Morgan fingerprint density at radius 1 is 1.26 bits per heavy atom. The molecule has 2 atom stereocenters. The average molecular weight is 470 g/mol. The lowest BCUT2D eigenvalue weighted by Crippen LogP contribution is -2.29. The van der Waals surface area contributed by atoms with Gasteiger partial charge in [-0.3, -0.25) is 4.79 Å². The molecule has 0 bridgehead atoms. The molecule has 0 saturated heterocycles. The maximum absolute atomic E-state index is 11.3. The maximum Gasteiger partial charge on any atom is 0.306 e. The van der Waals surface area contributed by atoms with Gasteiger partial charge in [0.1, 0.15) is 18.0 Å². The molecule has 3 heterocycles. The number of carbonyl (C=O) groups is 1. The van der Waals surface area contributed by atoms with Crippen molar-refractivity contribution in [2.75, 3.05) is 11.9 Å². The number of ether oxygens (including phenoxy) is 1. The first-order chi connectivity index (χ1) is 16.4. The molecule has 3 aromatic heterocycles. The molecule has 182 valence electrons. The van der Waals surface area contributed by atoms with E-state index in [0.717, 1.165) is 37.9 Å². The van der Waals surface area contributed by atoms with E-state index in [4.69, 9.17) is 9.72 Å². The van der Waals surface area contributed by atoms with Crippen LogP contribution in [0.2, 0.25) is 0 Å². The van der Waals surface area contributed by atoms with E-state index >= 15 is 0 Å². The molecule has 0 aromatic carbocycles. The second-order valence-corrected chi connectivity index (χ2v) is 8.65. The Balaban J connectivity index is 1.47. The van der Waals surface area contributed by atoms with Crippen molar-refractivity contribution >= 4 is 11.9 Å². The van der Waals surface area contributed by atoms with E-state index in [1.165, 1.54) is 4.80 Å². The first-order valence-electron chi connectivity index (χ1n) is 11.7. The van der Waals surface area contributed by atoms with Crippen LogP contribution in [0.1, 0.15) is 56.8 Å². The Kier molecular flexibility index (Phi) is 7.33. The summed E-state index contributed by atoms with van der Waals surface area (Å²) in [6.07, 6.45) is 4.93. The van der Waals surface area contributed by atoms with Crippen LogP contribution in [0.15, 0.2) is 12.1 Å². The lowest BCUT2D eigenvalue weighted by Gasteiger charge is -2.27. The average Bonchev–Trinajstić information content (AvgIpc) is 3.42. The zero-order chi connectivity index (χ0) is 24.1. The Bertz CT molecular complexity index is 1130. The van der Waals surface area contributed by atoms with Gasteiger partial charge in [-0.25, -0.2) is 9.67 Å². The second-order valence-electron chi connectivity index (χ2n) is 8.65. The van der Waals surface area contributed by atoms with Crippen LogP contribution < -0.4 is 10.1 Å². The van der Waals surface area contributed by atoms with Crippen molar-refractivity contribution in [1.82, 2.24) is 40.2 Å². The van der Waals surface area contributed by atoms with Crippen LogP contribution in [0.25, 0.3) is 11.4 Å². The van der Waals surface area contributed by atoms with Gasteiger partial charge in [-0.2, -0.15) is 4.80 Å². The molecule has 2 unspecified atom stereocenters. The van der Waals surface area contributed by atoms with Crippen LogP contribution in [0.4, 0.5) is 5.95 Å². The highest BCUT2D eigenvalue weighted by Gasteiger charge is 2.28. The molecule has 0 aliphatic heterocycles. The van der Waals surface area contributed by atoms with Gasteiger partial charge in [0.05, 0.1) is 29.1 Å². The van der Waals surface area contributed by atoms with E-state index < -0.39 is 5.97 Å². The Morgan fingerprint density at radius 3 is 2.88 bits per heavy atom. The molecule has 3 aromatic rings. The molecule has 0 spiro atoms. The number of nitrogens with zero attached hydrogens (tertiary/aromatic N) is 8. The van der Waals surface area contributed by atoms with Gasteiger partial charge < -0.3 is 15.2 Å². The first-order valence-corrected chi connectivity index (χ1v) is 11.7. The van der Waals surface area contributed by atoms with Gasteiger partial charge >= 0.3 is 5.97 Å². The van der Waals surface area contributed by atoms with Gasteiger partial charge in [0.25, 0.3) is 5.95 Å². The van der Waals surface area contributed by atoms with Crippen LogP contribution >= 0.6 is 0 Å². The number of aromatic nitrogens is 8. The number of pyridine rings is 1. The van der Waals surface area contributed by atoms with Crippen molar-refractivity contribution in [3.05, 3.63) is 23.5 Å². The lowest BCUT2D eigenvalue weighted by atomic mass is 9.87. The molecule has 1 aliphatic rings. The Labute approximate surface area is 197 Å². The number of hydrogen-bond acceptors (Lipinski definition) is 9. The third kappa shape index (κ3) is 5.49. The van der Waals surface area contributed by atoms with Crippen LogP contribution in [-0.2, 0) is 18.4 Å². The molecule has 34 heavy (non-hydrogen) atoms. The number of hydrogen-bond donors (Lipinski definition) is 2. The van der Waals surface area contributed by atoms with Crippen molar-refractivity contribution in [2.45, 2.75) is 65.0 Å². The minimum Gasteiger partial charge on any atom is -0.489 e. The highest BCUT2D eigenvalue weighted by molar-refractivity contribution is 5.70. The molecule has 4 rings (SSSR count). The second kappa shape index (κ2) is 10.6. The largest absolute Gasteiger partial charge is 0.489 e. The number of carboxylic acid groups (broad SMARTS) is 1. The summed E-state index contributed by atoms with van der Waals surface area (Å²) in [4.78, 5) is 17.5. The summed E-state index contributed by atoms with van der Waals surface area (Å²) in [5.41, 5.74) is 2.82. The van der Waals surface area contributed by atoms with Gasteiger partial charge in [0.15, 0.2) is 0 Å². The van der Waals surface area contributed by atoms with Crippen LogP contribution in [-0.4, -0.2) is 63.9 Å². The molecule has 12 nitrogen and oxygen atoms in total. The van der Waals surface area contributed by atoms with Gasteiger partial charge in [0.2, 0.25) is 0 Å². The van der Waals surface area contributed by atoms with Crippen molar-refractivity contribution in [3.63, 3.8) is 0 Å². The van der Waals surface area contributed by atoms with E-state index in [9.17, 15) is 9.90 Å². The quantitative estimate of drug-likeness (QED) is 0.424. The van der Waals surface area contributed by atoms with Gasteiger partial charge in [0, 0.05) is 13.6 Å². The van der Waals surface area contributed by atoms with Crippen LogP contribution in [0.5, 0.6) is 5.75 Å². The molecular formula is C22H31N9O3. The fraction of sp³-hybridized carbons (Fsp3) is 0.591. The van der Waals surface area contributed by atoms with E-state index in [1.54, 1.807) is 4.68 Å². The highest BCUT2D eigenvalue weighted by atomic mass is 16.5. The topological polar surface area (TPSA) is 146 Å². The maximum atomic E-state index is 11.3. The lowest BCUT2D eigenvalue weighted by molar-refractivity contribution is -0.143. The summed E-state index contributed by atoms with van der Waals surface area (Å²) >= 11 is 0. The normalized spacial score (nSPS) is 18.1. The number of carboxylic acids is 1. The smallest absolute Gasteiger partial charge is 0.306 e. The number of aliphatic carboxylic acids is 1. The predicted octanol–water partition coefficient (Wildman–Crippen LogP) is 2.45. The van der Waals surface area contributed by atoms with Crippen molar-refractivity contribution < 1.29 is 14.6 Å². The van der Waals surface area contributed by atoms with E-state index in [-0.39, 0.29) is 12.0 Å². The summed E-state index contributed by atoms with van der Waals surface area (Å²) in [5, 5.41) is 33.5. The standard InChI is InChI=1S/C22H31N9O3/c1-4-5-11-23-22-26-29-31(27-22)13-18-20(25-28-30(18)3)17-9-10-19(14(2)24-17)34-16-8-6-7-15(12-16)21(32)33/h9-10,15-16H,4-8,11-13H2,1-3H3,(H,23,27)(H,32,33). The summed E-state index contributed by atoms with van der Waals surface area (Å²) in [5.74, 6) is 0.0556. The van der Waals surface area contributed by atoms with Crippen LogP contribution in [0, 0.1) is 12.8 Å². The highest BCUT2D eigenvalue weighted by Crippen LogP contribution is 2.30. The zero-order valence-electron chi connectivity index (χ0n) is 19.8. The van der Waals surface area contributed by atoms with Gasteiger partial charge in [-0.1, -0.05) is 23.7 Å². The van der Waals surface area contributed by atoms with E-state index in [2.05, 4.69) is 38.0 Å². The Hall–Kier alpha value is -3.57. The zero-order valence-corrected chi connectivity index (χ0v) is 19.8. The molecule has 1 fully saturated rings. The Morgan fingerprint density at radius 2 is 2.12 bits per heavy atom. The third-order valence-electron chi connectivity index (χ3n) is 6.05. The number of unbranched alkanes of at least 4 members (excludes halogenated alkanes) is 1. The monoisotopic (exact) mass is 469 g/mol. The fourth-order valence-corrected chi connectivity index (χ4v) is 4.11. The molecule has 0 radical (unpaired) electrons. The van der Waals surface area contributed by atoms with E-state index in [1.807, 2.05) is 26.1 Å². The molecule has 12 heteroatoms. The van der Waals surface area contributed by atoms with Gasteiger partial charge in [-0.05, 0) is 56.4 Å². The molecule has 0 amide bonds. The SMILES string of the molecule is CCCCNc1nnn(Cc2c(-c3ccc(OC4CCCC(C(=O)O)C4)c(C)n3)nnn2C)n1. The first kappa shape index (κ1) is 23.6. The summed E-state index contributed by atoms with van der Waals surface area (Å²) in [7, 11) is 1.81. The number of nitrogens with one attached hydrogen (secondary N) is 1. The number of aryl methyl sites for hydroxylation is 2. The summed E-state index contributed by atoms with van der Waals surface area (Å²) in [6, 6.07) is 3.71. The minimum absolute atomic E-state index is 0.119. The molecule has 1 aliphatic carbocycles. The van der Waals surface area contributed by atoms with Gasteiger partial charge in [-0.15, -0.1) is 10.2 Å². The predicted molar refractivity (Wildman–Crippen MR) is 123 cm³/mol. The van der Waals surface area contributed by atoms with Crippen LogP contribution in [0.3, 0.4) is 0 Å².